The van der Waals surface area contributed by atoms with E-state index in [2.05, 4.69) is 20.6 Å². The Bertz CT molecular complexity index is 913. The zero-order chi connectivity index (χ0) is 17.8. The lowest BCUT2D eigenvalue weighted by molar-refractivity contribution is 0.0697. The van der Waals surface area contributed by atoms with Gasteiger partial charge in [0.25, 0.3) is 0 Å². The summed E-state index contributed by atoms with van der Waals surface area (Å²) >= 11 is 6.15. The van der Waals surface area contributed by atoms with E-state index in [-0.39, 0.29) is 5.56 Å². The lowest BCUT2D eigenvalue weighted by Gasteiger charge is -2.11. The molecule has 1 aromatic heterocycles. The number of anilines is 4. The zero-order valence-electron chi connectivity index (χ0n) is 13.3. The van der Waals surface area contributed by atoms with Gasteiger partial charge in [-0.1, -0.05) is 23.7 Å². The molecule has 0 radical (unpaired) electrons. The van der Waals surface area contributed by atoms with Crippen LogP contribution in [0.1, 0.15) is 16.2 Å². The summed E-state index contributed by atoms with van der Waals surface area (Å²) in [6, 6.07) is 15.6. The Morgan fingerprint density at radius 3 is 2.28 bits per heavy atom. The Morgan fingerprint density at radius 1 is 1.00 bits per heavy atom. The van der Waals surface area contributed by atoms with E-state index in [0.717, 1.165) is 11.4 Å². The number of hydrogen-bond acceptors (Lipinski definition) is 5. The SMILES string of the molecule is Cc1nc(Nc2ccc(C(=O)O)cc2)cc(Nc2ccccc2Cl)n1. The van der Waals surface area contributed by atoms with Crippen LogP contribution in [0.15, 0.2) is 54.6 Å². The highest BCUT2D eigenvalue weighted by atomic mass is 35.5. The summed E-state index contributed by atoms with van der Waals surface area (Å²) in [5.74, 6) is 0.813. The number of aromatic nitrogens is 2. The summed E-state index contributed by atoms with van der Waals surface area (Å²) in [4.78, 5) is 19.6. The molecule has 0 aliphatic carbocycles. The summed E-state index contributed by atoms with van der Waals surface area (Å²) in [5, 5.41) is 15.8. The van der Waals surface area contributed by atoms with Crippen molar-refractivity contribution < 1.29 is 9.90 Å². The van der Waals surface area contributed by atoms with Crippen molar-refractivity contribution in [3.63, 3.8) is 0 Å². The van der Waals surface area contributed by atoms with Crippen molar-refractivity contribution in [2.75, 3.05) is 10.6 Å². The Labute approximate surface area is 149 Å². The lowest BCUT2D eigenvalue weighted by Crippen LogP contribution is -2.02. The molecule has 0 unspecified atom stereocenters. The van der Waals surface area contributed by atoms with Crippen molar-refractivity contribution in [1.82, 2.24) is 9.97 Å². The highest BCUT2D eigenvalue weighted by molar-refractivity contribution is 6.33. The van der Waals surface area contributed by atoms with Crippen LogP contribution < -0.4 is 10.6 Å². The van der Waals surface area contributed by atoms with Gasteiger partial charge >= 0.3 is 5.97 Å². The fourth-order valence-electron chi connectivity index (χ4n) is 2.24. The molecule has 0 atom stereocenters. The second-order valence-electron chi connectivity index (χ2n) is 5.30. The Balaban J connectivity index is 1.81. The zero-order valence-corrected chi connectivity index (χ0v) is 14.1. The monoisotopic (exact) mass is 354 g/mol. The molecule has 0 fully saturated rings. The minimum atomic E-state index is -0.962. The van der Waals surface area contributed by atoms with Gasteiger partial charge in [-0.2, -0.15) is 0 Å². The van der Waals surface area contributed by atoms with E-state index in [0.29, 0.717) is 22.5 Å². The van der Waals surface area contributed by atoms with Crippen LogP contribution in [-0.2, 0) is 0 Å². The topological polar surface area (TPSA) is 87.1 Å². The first-order valence-electron chi connectivity index (χ1n) is 7.49. The summed E-state index contributed by atoms with van der Waals surface area (Å²) in [6.07, 6.45) is 0. The average Bonchev–Trinajstić information content (AvgIpc) is 2.57. The number of carbonyl (C=O) groups is 1. The van der Waals surface area contributed by atoms with Crippen molar-refractivity contribution in [3.8, 4) is 0 Å². The predicted molar refractivity (Wildman–Crippen MR) is 98.2 cm³/mol. The van der Waals surface area contributed by atoms with Crippen LogP contribution in [0, 0.1) is 6.92 Å². The molecule has 3 rings (SSSR count). The second kappa shape index (κ2) is 7.19. The van der Waals surface area contributed by atoms with Crippen LogP contribution in [0.5, 0.6) is 0 Å². The third-order valence-electron chi connectivity index (χ3n) is 3.38. The average molecular weight is 355 g/mol. The highest BCUT2D eigenvalue weighted by Gasteiger charge is 2.06. The van der Waals surface area contributed by atoms with E-state index in [1.54, 1.807) is 31.2 Å². The number of nitrogens with zero attached hydrogens (tertiary/aromatic N) is 2. The largest absolute Gasteiger partial charge is 0.478 e. The third-order valence-corrected chi connectivity index (χ3v) is 3.71. The smallest absolute Gasteiger partial charge is 0.335 e. The van der Waals surface area contributed by atoms with Gasteiger partial charge in [-0.05, 0) is 43.3 Å². The van der Waals surface area contributed by atoms with E-state index >= 15 is 0 Å². The predicted octanol–water partition coefficient (Wildman–Crippen LogP) is 4.62. The van der Waals surface area contributed by atoms with Gasteiger partial charge in [0.15, 0.2) is 0 Å². The number of rotatable bonds is 5. The molecule has 0 aliphatic rings. The van der Waals surface area contributed by atoms with Crippen LogP contribution in [0.25, 0.3) is 0 Å². The molecule has 2 aromatic carbocycles. The molecule has 0 aliphatic heterocycles. The number of nitrogens with one attached hydrogen (secondary N) is 2. The minimum absolute atomic E-state index is 0.227. The second-order valence-corrected chi connectivity index (χ2v) is 5.71. The number of halogens is 1. The number of aryl methyl sites for hydroxylation is 1. The van der Waals surface area contributed by atoms with E-state index in [1.165, 1.54) is 12.1 Å². The van der Waals surface area contributed by atoms with Crippen LogP contribution >= 0.6 is 11.6 Å². The van der Waals surface area contributed by atoms with Gasteiger partial charge in [-0.15, -0.1) is 0 Å². The first kappa shape index (κ1) is 16.7. The number of benzene rings is 2. The van der Waals surface area contributed by atoms with Crippen molar-refractivity contribution >= 4 is 40.6 Å². The summed E-state index contributed by atoms with van der Waals surface area (Å²) in [6.45, 7) is 1.79. The van der Waals surface area contributed by atoms with Crippen LogP contribution in [0.2, 0.25) is 5.02 Å². The molecule has 3 aromatic rings. The number of hydrogen-bond donors (Lipinski definition) is 3. The molecule has 0 saturated heterocycles. The van der Waals surface area contributed by atoms with E-state index < -0.39 is 5.97 Å². The van der Waals surface area contributed by atoms with Crippen molar-refractivity contribution in [2.24, 2.45) is 0 Å². The van der Waals surface area contributed by atoms with Gasteiger partial charge in [0, 0.05) is 11.8 Å². The lowest BCUT2D eigenvalue weighted by atomic mass is 10.2. The van der Waals surface area contributed by atoms with Crippen LogP contribution in [0.4, 0.5) is 23.0 Å². The molecule has 0 saturated carbocycles. The summed E-state index contributed by atoms with van der Waals surface area (Å²) in [5.41, 5.74) is 1.70. The minimum Gasteiger partial charge on any atom is -0.478 e. The van der Waals surface area contributed by atoms with E-state index in [4.69, 9.17) is 16.7 Å². The maximum Gasteiger partial charge on any atom is 0.335 e. The van der Waals surface area contributed by atoms with Gasteiger partial charge in [0.05, 0.1) is 16.3 Å². The Kier molecular flexibility index (Phi) is 4.81. The summed E-state index contributed by atoms with van der Waals surface area (Å²) < 4.78 is 0. The Morgan fingerprint density at radius 2 is 1.64 bits per heavy atom. The van der Waals surface area contributed by atoms with Gasteiger partial charge in [0.1, 0.15) is 17.5 Å². The van der Waals surface area contributed by atoms with Crippen molar-refractivity contribution in [1.29, 1.82) is 0 Å². The van der Waals surface area contributed by atoms with Gasteiger partial charge in [-0.3, -0.25) is 0 Å². The van der Waals surface area contributed by atoms with E-state index in [1.807, 2.05) is 18.2 Å². The number of para-hydroxylation sites is 1. The fraction of sp³-hybridized carbons (Fsp3) is 0.0556. The molecule has 0 bridgehead atoms. The number of carboxylic acid groups (broad SMARTS) is 1. The molecule has 0 amide bonds. The molecule has 6 nitrogen and oxygen atoms in total. The normalized spacial score (nSPS) is 10.3. The molecular formula is C18H15ClN4O2. The van der Waals surface area contributed by atoms with Crippen LogP contribution in [-0.4, -0.2) is 21.0 Å². The maximum atomic E-state index is 10.9. The van der Waals surface area contributed by atoms with Gasteiger partial charge in [-0.25, -0.2) is 14.8 Å². The maximum absolute atomic E-state index is 10.9. The molecule has 126 valence electrons. The van der Waals surface area contributed by atoms with Crippen LogP contribution in [0.3, 0.4) is 0 Å². The number of carboxylic acids is 1. The van der Waals surface area contributed by atoms with Gasteiger partial charge in [0.2, 0.25) is 0 Å². The first-order valence-corrected chi connectivity index (χ1v) is 7.87. The van der Waals surface area contributed by atoms with Gasteiger partial charge < -0.3 is 15.7 Å². The standard InChI is InChI=1S/C18H15ClN4O2/c1-11-20-16(22-13-8-6-12(7-9-13)18(24)25)10-17(21-11)23-15-5-3-2-4-14(15)19/h2-10H,1H3,(H,24,25)(H2,20,21,22,23). The molecule has 1 heterocycles. The molecule has 3 N–H and O–H groups in total. The van der Waals surface area contributed by atoms with Crippen molar-refractivity contribution in [2.45, 2.75) is 6.92 Å². The van der Waals surface area contributed by atoms with Crippen molar-refractivity contribution in [3.05, 3.63) is 71.0 Å². The fourth-order valence-corrected chi connectivity index (χ4v) is 2.42. The number of aromatic carboxylic acids is 1. The third kappa shape index (κ3) is 4.24. The Hall–Kier alpha value is -3.12. The van der Waals surface area contributed by atoms with E-state index in [9.17, 15) is 4.79 Å². The molecule has 0 spiro atoms. The molecule has 25 heavy (non-hydrogen) atoms. The first-order chi connectivity index (χ1) is 12.0. The molecular weight excluding hydrogens is 340 g/mol. The summed E-state index contributed by atoms with van der Waals surface area (Å²) in [7, 11) is 0. The molecule has 7 heteroatoms. The highest BCUT2D eigenvalue weighted by Crippen LogP contribution is 2.25. The quantitative estimate of drug-likeness (QED) is 0.619.